The molecule has 1 aromatic rings. The van der Waals surface area contributed by atoms with E-state index in [1.165, 1.54) is 0 Å². The van der Waals surface area contributed by atoms with Gasteiger partial charge < -0.3 is 14.8 Å². The number of carbonyl (C=O) groups is 1. The molecule has 18 heavy (non-hydrogen) atoms. The highest BCUT2D eigenvalue weighted by molar-refractivity contribution is 9.09. The number of hydrogen-bond donors (Lipinski definition) is 1. The zero-order chi connectivity index (χ0) is 12.8. The van der Waals surface area contributed by atoms with Gasteiger partial charge in [0.25, 0.3) is 5.91 Å². The molecular formula is C13H16BrNO3. The predicted octanol–water partition coefficient (Wildman–Crippen LogP) is 2.36. The summed E-state index contributed by atoms with van der Waals surface area (Å²) in [6.07, 6.45) is 2.03. The molecule has 0 atom stereocenters. The number of rotatable bonds is 5. The van der Waals surface area contributed by atoms with E-state index in [0.29, 0.717) is 36.8 Å². The van der Waals surface area contributed by atoms with Crippen LogP contribution in [0.5, 0.6) is 11.5 Å². The lowest BCUT2D eigenvalue weighted by Gasteiger charge is -2.18. The van der Waals surface area contributed by atoms with Gasteiger partial charge in [-0.1, -0.05) is 15.9 Å². The number of benzene rings is 1. The summed E-state index contributed by atoms with van der Waals surface area (Å²) in [5, 5.41) is 3.85. The molecule has 0 saturated heterocycles. The summed E-state index contributed by atoms with van der Waals surface area (Å²) in [5.74, 6) is 1.29. The van der Waals surface area contributed by atoms with Crippen molar-refractivity contribution in [1.82, 2.24) is 5.32 Å². The maximum Gasteiger partial charge on any atom is 0.251 e. The lowest BCUT2D eigenvalue weighted by atomic mass is 10.2. The quantitative estimate of drug-likeness (QED) is 0.670. The fraction of sp³-hybridized carbons (Fsp3) is 0.462. The van der Waals surface area contributed by atoms with Crippen LogP contribution in [-0.4, -0.2) is 31.0 Å². The maximum absolute atomic E-state index is 11.9. The average molecular weight is 314 g/mol. The molecule has 1 aliphatic heterocycles. The third-order valence-electron chi connectivity index (χ3n) is 2.65. The van der Waals surface area contributed by atoms with E-state index in [-0.39, 0.29) is 5.91 Å². The van der Waals surface area contributed by atoms with Crippen LogP contribution in [0.4, 0.5) is 0 Å². The molecule has 0 spiro atoms. The topological polar surface area (TPSA) is 47.6 Å². The summed E-state index contributed by atoms with van der Waals surface area (Å²) in [6, 6.07) is 5.27. The standard InChI is InChI=1S/C13H16BrNO3/c14-5-1-2-6-15-13(16)10-3-4-11-12(9-10)18-8-7-17-11/h3-4,9H,1-2,5-8H2,(H,15,16). The number of carbonyl (C=O) groups excluding carboxylic acids is 1. The average Bonchev–Trinajstić information content (AvgIpc) is 2.43. The minimum absolute atomic E-state index is 0.0680. The molecule has 4 nitrogen and oxygen atoms in total. The van der Waals surface area contributed by atoms with Gasteiger partial charge in [-0.15, -0.1) is 0 Å². The highest BCUT2D eigenvalue weighted by Gasteiger charge is 2.14. The smallest absolute Gasteiger partial charge is 0.251 e. The molecule has 1 heterocycles. The number of ether oxygens (including phenoxy) is 2. The van der Waals surface area contributed by atoms with E-state index in [2.05, 4.69) is 21.2 Å². The van der Waals surface area contributed by atoms with E-state index in [1.54, 1.807) is 18.2 Å². The number of fused-ring (bicyclic) bond motifs is 1. The first-order chi connectivity index (χ1) is 8.81. The van der Waals surface area contributed by atoms with Crippen molar-refractivity contribution in [2.45, 2.75) is 12.8 Å². The van der Waals surface area contributed by atoms with E-state index in [0.717, 1.165) is 18.2 Å². The minimum atomic E-state index is -0.0680. The Morgan fingerprint density at radius 3 is 2.78 bits per heavy atom. The Balaban J connectivity index is 1.94. The van der Waals surface area contributed by atoms with Gasteiger partial charge in [0.05, 0.1) is 0 Å². The van der Waals surface area contributed by atoms with Crippen molar-refractivity contribution < 1.29 is 14.3 Å². The van der Waals surface area contributed by atoms with Crippen molar-refractivity contribution in [3.05, 3.63) is 23.8 Å². The summed E-state index contributed by atoms with van der Waals surface area (Å²) in [5.41, 5.74) is 0.609. The molecule has 0 aromatic heterocycles. The van der Waals surface area contributed by atoms with Gasteiger partial charge in [0.2, 0.25) is 0 Å². The molecule has 0 saturated carbocycles. The van der Waals surface area contributed by atoms with Crippen LogP contribution in [0, 0.1) is 0 Å². The van der Waals surface area contributed by atoms with Crippen LogP contribution in [-0.2, 0) is 0 Å². The fourth-order valence-electron chi connectivity index (χ4n) is 1.71. The second kappa shape index (κ2) is 6.64. The Kier molecular flexibility index (Phi) is 4.87. The summed E-state index contributed by atoms with van der Waals surface area (Å²) < 4.78 is 10.9. The largest absolute Gasteiger partial charge is 0.486 e. The Morgan fingerprint density at radius 1 is 1.22 bits per heavy atom. The molecule has 0 fully saturated rings. The van der Waals surface area contributed by atoms with Crippen LogP contribution in [0.25, 0.3) is 0 Å². The Morgan fingerprint density at radius 2 is 2.00 bits per heavy atom. The highest BCUT2D eigenvalue weighted by atomic mass is 79.9. The van der Waals surface area contributed by atoms with Gasteiger partial charge in [-0.2, -0.15) is 0 Å². The Hall–Kier alpha value is -1.23. The molecule has 98 valence electrons. The predicted molar refractivity (Wildman–Crippen MR) is 72.8 cm³/mol. The van der Waals surface area contributed by atoms with Crippen LogP contribution in [0.3, 0.4) is 0 Å². The molecule has 1 N–H and O–H groups in total. The lowest BCUT2D eigenvalue weighted by molar-refractivity contribution is 0.0952. The van der Waals surface area contributed by atoms with Gasteiger partial charge in [0.15, 0.2) is 11.5 Å². The number of halogens is 1. The number of alkyl halides is 1. The van der Waals surface area contributed by atoms with Crippen LogP contribution in [0.15, 0.2) is 18.2 Å². The number of unbranched alkanes of at least 4 members (excludes halogenated alkanes) is 1. The molecule has 2 rings (SSSR count). The highest BCUT2D eigenvalue weighted by Crippen LogP contribution is 2.30. The van der Waals surface area contributed by atoms with Crippen LogP contribution in [0.2, 0.25) is 0 Å². The van der Waals surface area contributed by atoms with Gasteiger partial charge in [-0.05, 0) is 31.0 Å². The van der Waals surface area contributed by atoms with Crippen LogP contribution < -0.4 is 14.8 Å². The van der Waals surface area contributed by atoms with Gasteiger partial charge in [-0.25, -0.2) is 0 Å². The number of amides is 1. The Bertz CT molecular complexity index is 423. The Labute approximate surface area is 115 Å². The molecule has 0 bridgehead atoms. The lowest BCUT2D eigenvalue weighted by Crippen LogP contribution is -2.25. The zero-order valence-corrected chi connectivity index (χ0v) is 11.7. The molecule has 0 radical (unpaired) electrons. The number of nitrogens with one attached hydrogen (secondary N) is 1. The summed E-state index contributed by atoms with van der Waals surface area (Å²) in [7, 11) is 0. The van der Waals surface area contributed by atoms with Gasteiger partial charge in [0.1, 0.15) is 13.2 Å². The second-order valence-corrected chi connectivity index (χ2v) is 4.80. The van der Waals surface area contributed by atoms with Crippen molar-refractivity contribution in [3.63, 3.8) is 0 Å². The monoisotopic (exact) mass is 313 g/mol. The zero-order valence-electron chi connectivity index (χ0n) is 10.1. The summed E-state index contributed by atoms with van der Waals surface area (Å²) in [4.78, 5) is 11.9. The van der Waals surface area contributed by atoms with E-state index >= 15 is 0 Å². The van der Waals surface area contributed by atoms with Crippen molar-refractivity contribution in [2.75, 3.05) is 25.1 Å². The van der Waals surface area contributed by atoms with Gasteiger partial charge in [0, 0.05) is 17.4 Å². The minimum Gasteiger partial charge on any atom is -0.486 e. The first kappa shape index (κ1) is 13.2. The van der Waals surface area contributed by atoms with Crippen molar-refractivity contribution in [3.8, 4) is 11.5 Å². The van der Waals surface area contributed by atoms with E-state index in [1.807, 2.05) is 0 Å². The van der Waals surface area contributed by atoms with Crippen molar-refractivity contribution in [1.29, 1.82) is 0 Å². The number of hydrogen-bond acceptors (Lipinski definition) is 3. The van der Waals surface area contributed by atoms with E-state index in [4.69, 9.17) is 9.47 Å². The molecule has 1 amide bonds. The fourth-order valence-corrected chi connectivity index (χ4v) is 2.10. The third kappa shape index (κ3) is 3.38. The van der Waals surface area contributed by atoms with E-state index < -0.39 is 0 Å². The normalized spacial score (nSPS) is 13.2. The molecule has 1 aromatic carbocycles. The molecule has 0 aliphatic carbocycles. The van der Waals surface area contributed by atoms with Gasteiger partial charge >= 0.3 is 0 Å². The maximum atomic E-state index is 11.9. The first-order valence-corrected chi connectivity index (χ1v) is 7.17. The van der Waals surface area contributed by atoms with Crippen LogP contribution in [0.1, 0.15) is 23.2 Å². The molecule has 1 aliphatic rings. The SMILES string of the molecule is O=C(NCCCCBr)c1ccc2c(c1)OCCO2. The summed E-state index contributed by atoms with van der Waals surface area (Å²) in [6.45, 7) is 1.79. The van der Waals surface area contributed by atoms with E-state index in [9.17, 15) is 4.79 Å². The van der Waals surface area contributed by atoms with Gasteiger partial charge in [-0.3, -0.25) is 4.79 Å². The first-order valence-electron chi connectivity index (χ1n) is 6.05. The third-order valence-corrected chi connectivity index (χ3v) is 3.21. The van der Waals surface area contributed by atoms with Crippen molar-refractivity contribution in [2.24, 2.45) is 0 Å². The molecule has 5 heteroatoms. The molecule has 0 unspecified atom stereocenters. The second-order valence-electron chi connectivity index (χ2n) is 4.01. The molecular weight excluding hydrogens is 298 g/mol. The summed E-state index contributed by atoms with van der Waals surface area (Å²) >= 11 is 3.36. The van der Waals surface area contributed by atoms with Crippen molar-refractivity contribution >= 4 is 21.8 Å². The van der Waals surface area contributed by atoms with Crippen LogP contribution >= 0.6 is 15.9 Å².